The van der Waals surface area contributed by atoms with Crippen LogP contribution in [0, 0.1) is 5.41 Å². The van der Waals surface area contributed by atoms with Crippen molar-refractivity contribution in [3.05, 3.63) is 18.3 Å². The van der Waals surface area contributed by atoms with E-state index < -0.39 is 0 Å². The number of aromatic nitrogens is 4. The van der Waals surface area contributed by atoms with Gasteiger partial charge in [-0.1, -0.05) is 52.9 Å². The molecule has 1 aliphatic carbocycles. The van der Waals surface area contributed by atoms with E-state index in [0.29, 0.717) is 34.7 Å². The molecule has 2 aliphatic heterocycles. The molecule has 0 bridgehead atoms. The quantitative estimate of drug-likeness (QED) is 0.480. The van der Waals surface area contributed by atoms with Crippen molar-refractivity contribution in [2.45, 2.75) is 98.3 Å². The number of rotatable bonds is 7. The number of nitrogens with one attached hydrogen (secondary N) is 2. The van der Waals surface area contributed by atoms with Gasteiger partial charge in [0.25, 0.3) is 0 Å². The van der Waals surface area contributed by atoms with Crippen molar-refractivity contribution < 1.29 is 9.53 Å². The van der Waals surface area contributed by atoms with Crippen LogP contribution in [0.25, 0.3) is 0 Å². The number of carbonyl (C=O) groups excluding carboxylic acids is 1. The van der Waals surface area contributed by atoms with Crippen molar-refractivity contribution in [2.24, 2.45) is 5.41 Å². The topological polar surface area (TPSA) is 108 Å². The molecule has 2 N–H and O–H groups in total. The highest BCUT2D eigenvalue weighted by Gasteiger charge is 2.33. The van der Waals surface area contributed by atoms with Gasteiger partial charge in [-0.05, 0) is 49.7 Å². The normalized spacial score (nSPS) is 23.2. The van der Waals surface area contributed by atoms with Crippen LogP contribution in [0.1, 0.15) is 80.1 Å². The second kappa shape index (κ2) is 15.4. The maximum atomic E-state index is 12.7. The monoisotopic (exact) mass is 560 g/mol. The lowest BCUT2D eigenvalue weighted by Crippen LogP contribution is -2.50. The molecule has 11 heteroatoms. The van der Waals surface area contributed by atoms with Gasteiger partial charge >= 0.3 is 0 Å². The highest BCUT2D eigenvalue weighted by atomic mass is 32.1. The Bertz CT molecular complexity index is 979. The van der Waals surface area contributed by atoms with Gasteiger partial charge in [0.15, 0.2) is 5.82 Å². The van der Waals surface area contributed by atoms with Crippen molar-refractivity contribution in [2.75, 3.05) is 48.3 Å². The second-order valence-corrected chi connectivity index (χ2v) is 11.7. The summed E-state index contributed by atoms with van der Waals surface area (Å²) in [6, 6.07) is 4.74. The van der Waals surface area contributed by atoms with Crippen molar-refractivity contribution >= 4 is 33.3 Å². The van der Waals surface area contributed by atoms with Crippen LogP contribution in [0.15, 0.2) is 18.3 Å². The van der Waals surface area contributed by atoms with Crippen molar-refractivity contribution in [3.63, 3.8) is 0 Å². The van der Waals surface area contributed by atoms with Crippen molar-refractivity contribution in [1.29, 1.82) is 0 Å². The molecule has 0 aromatic carbocycles. The van der Waals surface area contributed by atoms with Crippen LogP contribution in [-0.4, -0.2) is 82.2 Å². The molecule has 3 fully saturated rings. The van der Waals surface area contributed by atoms with Gasteiger partial charge in [0.05, 0.1) is 19.1 Å². The lowest BCUT2D eigenvalue weighted by atomic mass is 9.75. The van der Waals surface area contributed by atoms with E-state index >= 15 is 0 Å². The number of carbonyl (C=O) groups is 1. The molecule has 0 spiro atoms. The lowest BCUT2D eigenvalue weighted by Gasteiger charge is -2.43. The molecule has 1 saturated carbocycles. The highest BCUT2D eigenvalue weighted by Crippen LogP contribution is 2.37. The molecule has 2 atom stereocenters. The second-order valence-electron chi connectivity index (χ2n) is 10.7. The van der Waals surface area contributed by atoms with Gasteiger partial charge < -0.3 is 20.3 Å². The Balaban J connectivity index is 0.00000100. The van der Waals surface area contributed by atoms with E-state index in [2.05, 4.69) is 54.7 Å². The minimum absolute atomic E-state index is 0.0704. The number of morpholine rings is 1. The summed E-state index contributed by atoms with van der Waals surface area (Å²) in [7, 11) is 0. The SMILES string of the molecule is CC.CC.CC1(C)CCC(N2CCOC(CC(=O)Nc3nnc(NC4CCN(c5cccnn5)C4)s3)C2)CC1. The number of hydrogen-bond acceptors (Lipinski definition) is 10. The summed E-state index contributed by atoms with van der Waals surface area (Å²) in [5.41, 5.74) is 0.464. The molecule has 218 valence electrons. The van der Waals surface area contributed by atoms with E-state index in [1.165, 1.54) is 37.0 Å². The first kappa shape index (κ1) is 31.2. The summed E-state index contributed by atoms with van der Waals surface area (Å²) in [5, 5.41) is 24.1. The summed E-state index contributed by atoms with van der Waals surface area (Å²) < 4.78 is 5.93. The van der Waals surface area contributed by atoms with Gasteiger partial charge in [0.1, 0.15) is 0 Å². The molecule has 1 amide bonds. The highest BCUT2D eigenvalue weighted by molar-refractivity contribution is 7.19. The molecule has 2 aromatic rings. The third kappa shape index (κ3) is 9.36. The van der Waals surface area contributed by atoms with Crippen molar-refractivity contribution in [1.82, 2.24) is 25.3 Å². The summed E-state index contributed by atoms with van der Waals surface area (Å²) >= 11 is 1.37. The molecule has 5 rings (SSSR count). The minimum Gasteiger partial charge on any atom is -0.375 e. The zero-order valence-electron chi connectivity index (χ0n) is 24.7. The van der Waals surface area contributed by atoms with E-state index in [1.54, 1.807) is 6.20 Å². The molecule has 39 heavy (non-hydrogen) atoms. The molecule has 2 unspecified atom stereocenters. The first-order valence-electron chi connectivity index (χ1n) is 14.7. The van der Waals surface area contributed by atoms with Gasteiger partial charge in [-0.25, -0.2) is 0 Å². The Morgan fingerprint density at radius 3 is 2.51 bits per heavy atom. The molecule has 3 aliphatic rings. The fourth-order valence-electron chi connectivity index (χ4n) is 5.38. The molecule has 2 aromatic heterocycles. The number of anilines is 3. The van der Waals surface area contributed by atoms with Crippen LogP contribution in [0.5, 0.6) is 0 Å². The summed E-state index contributed by atoms with van der Waals surface area (Å²) in [6.45, 7) is 17.0. The van der Waals surface area contributed by atoms with Crippen LogP contribution >= 0.6 is 11.3 Å². The van der Waals surface area contributed by atoms with Crippen LogP contribution in [0.4, 0.5) is 16.1 Å². The average Bonchev–Trinajstić information content (AvgIpc) is 3.61. The predicted molar refractivity (Wildman–Crippen MR) is 159 cm³/mol. The molecular formula is C28H48N8O2S. The van der Waals surface area contributed by atoms with E-state index in [9.17, 15) is 4.79 Å². The Kier molecular flexibility index (Phi) is 12.3. The van der Waals surface area contributed by atoms with E-state index in [0.717, 1.165) is 38.4 Å². The van der Waals surface area contributed by atoms with E-state index in [-0.39, 0.29) is 18.1 Å². The van der Waals surface area contributed by atoms with Gasteiger partial charge in [0.2, 0.25) is 16.2 Å². The van der Waals surface area contributed by atoms with Gasteiger partial charge in [0, 0.05) is 44.5 Å². The smallest absolute Gasteiger partial charge is 0.228 e. The molecule has 2 saturated heterocycles. The van der Waals surface area contributed by atoms with Gasteiger partial charge in [-0.15, -0.1) is 15.3 Å². The summed E-state index contributed by atoms with van der Waals surface area (Å²) in [5.74, 6) is 0.817. The Morgan fingerprint density at radius 1 is 1.05 bits per heavy atom. The van der Waals surface area contributed by atoms with Crippen LogP contribution in [0.3, 0.4) is 0 Å². The third-order valence-electron chi connectivity index (χ3n) is 7.48. The number of ether oxygens (including phenoxy) is 1. The predicted octanol–water partition coefficient (Wildman–Crippen LogP) is 5.07. The van der Waals surface area contributed by atoms with Gasteiger partial charge in [-0.2, -0.15) is 5.10 Å². The number of nitrogens with zero attached hydrogens (tertiary/aromatic N) is 6. The first-order chi connectivity index (χ1) is 18.9. The fourth-order valence-corrected chi connectivity index (χ4v) is 6.12. The zero-order valence-corrected chi connectivity index (χ0v) is 25.5. The zero-order chi connectivity index (χ0) is 28.3. The molecule has 10 nitrogen and oxygen atoms in total. The average molecular weight is 561 g/mol. The largest absolute Gasteiger partial charge is 0.375 e. The molecule has 4 heterocycles. The van der Waals surface area contributed by atoms with Crippen LogP contribution in [0.2, 0.25) is 0 Å². The Hall–Kier alpha value is -2.37. The van der Waals surface area contributed by atoms with E-state index in [1.807, 2.05) is 39.8 Å². The Morgan fingerprint density at radius 2 is 1.79 bits per heavy atom. The summed E-state index contributed by atoms with van der Waals surface area (Å²) in [6.07, 6.45) is 7.95. The van der Waals surface area contributed by atoms with Crippen LogP contribution in [-0.2, 0) is 9.53 Å². The maximum Gasteiger partial charge on any atom is 0.228 e. The maximum absolute atomic E-state index is 12.7. The minimum atomic E-state index is -0.0743. The number of amides is 1. The molecular weight excluding hydrogens is 512 g/mol. The lowest BCUT2D eigenvalue weighted by molar-refractivity contribution is -0.122. The number of hydrogen-bond donors (Lipinski definition) is 2. The first-order valence-corrected chi connectivity index (χ1v) is 15.5. The van der Waals surface area contributed by atoms with Crippen molar-refractivity contribution in [3.8, 4) is 0 Å². The third-order valence-corrected chi connectivity index (χ3v) is 8.25. The van der Waals surface area contributed by atoms with Crippen LogP contribution < -0.4 is 15.5 Å². The summed E-state index contributed by atoms with van der Waals surface area (Å²) in [4.78, 5) is 17.4. The molecule has 0 radical (unpaired) electrons. The standard InChI is InChI=1S/C24H36N8O2S.2C2H6/c1-24(2)8-5-18(6-9-24)31-12-13-34-19(16-31)14-21(33)27-23-30-29-22(35-23)26-17-7-11-32(15-17)20-4-3-10-25-28-20;2*1-2/h3-4,10,17-19H,5-9,11-16H2,1-2H3,(H,26,29)(H,27,30,33);2*1-2H3. The fraction of sp³-hybridized carbons (Fsp3) is 0.750. The Labute approximate surface area is 238 Å². The van der Waals surface area contributed by atoms with Gasteiger partial charge in [-0.3, -0.25) is 9.69 Å². The van der Waals surface area contributed by atoms with E-state index in [4.69, 9.17) is 4.74 Å².